The van der Waals surface area contributed by atoms with Crippen molar-refractivity contribution in [2.45, 2.75) is 32.7 Å². The van der Waals surface area contributed by atoms with Gasteiger partial charge < -0.3 is 4.90 Å². The average molecular weight is 295 g/mol. The molecule has 5 nitrogen and oxygen atoms in total. The Balaban J connectivity index is 2.10. The number of fused-ring (bicyclic) bond motifs is 1. The molecule has 0 fully saturated rings. The zero-order valence-electron chi connectivity index (χ0n) is 13.3. The Bertz CT molecular complexity index is 746. The van der Waals surface area contributed by atoms with Gasteiger partial charge in [-0.05, 0) is 25.0 Å². The Kier molecular flexibility index (Phi) is 4.04. The van der Waals surface area contributed by atoms with E-state index in [0.717, 1.165) is 35.4 Å². The maximum absolute atomic E-state index is 4.51. The standard InChI is InChI=1S/C17H21N5/c1-4-13(5-2)21(3)16-15-11-20-22(17(15)19-12-18-16)14-9-7-6-8-10-14/h6-13H,4-5H2,1-3H3. The van der Waals surface area contributed by atoms with Crippen LogP contribution in [0.25, 0.3) is 16.7 Å². The lowest BCUT2D eigenvalue weighted by atomic mass is 10.1. The second-order valence-corrected chi connectivity index (χ2v) is 5.41. The third-order valence-electron chi connectivity index (χ3n) is 4.17. The van der Waals surface area contributed by atoms with Gasteiger partial charge >= 0.3 is 0 Å². The van der Waals surface area contributed by atoms with Gasteiger partial charge in [0.15, 0.2) is 5.65 Å². The van der Waals surface area contributed by atoms with Crippen LogP contribution in [0.1, 0.15) is 26.7 Å². The lowest BCUT2D eigenvalue weighted by molar-refractivity contribution is 0.588. The minimum atomic E-state index is 0.471. The maximum atomic E-state index is 4.51. The molecule has 2 aromatic heterocycles. The van der Waals surface area contributed by atoms with Gasteiger partial charge in [0.05, 0.1) is 17.3 Å². The number of nitrogens with zero attached hydrogens (tertiary/aromatic N) is 5. The third-order valence-corrected chi connectivity index (χ3v) is 4.17. The smallest absolute Gasteiger partial charge is 0.168 e. The summed E-state index contributed by atoms with van der Waals surface area (Å²) in [5.74, 6) is 0.945. The normalized spacial score (nSPS) is 11.3. The van der Waals surface area contributed by atoms with Gasteiger partial charge in [-0.3, -0.25) is 0 Å². The van der Waals surface area contributed by atoms with Gasteiger partial charge in [-0.15, -0.1) is 0 Å². The van der Waals surface area contributed by atoms with Gasteiger partial charge in [-0.1, -0.05) is 32.0 Å². The first kappa shape index (κ1) is 14.5. The quantitative estimate of drug-likeness (QED) is 0.723. The van der Waals surface area contributed by atoms with E-state index in [9.17, 15) is 0 Å². The molecule has 0 N–H and O–H groups in total. The van der Waals surface area contributed by atoms with E-state index in [1.165, 1.54) is 0 Å². The molecular weight excluding hydrogens is 274 g/mol. The topological polar surface area (TPSA) is 46.8 Å². The molecule has 0 saturated carbocycles. The molecule has 3 rings (SSSR count). The van der Waals surface area contributed by atoms with Crippen LogP contribution in [-0.4, -0.2) is 32.8 Å². The summed E-state index contributed by atoms with van der Waals surface area (Å²) in [5, 5.41) is 5.49. The predicted octanol–water partition coefficient (Wildman–Crippen LogP) is 3.44. The first-order valence-corrected chi connectivity index (χ1v) is 7.73. The van der Waals surface area contributed by atoms with E-state index < -0.39 is 0 Å². The SMILES string of the molecule is CCC(CC)N(C)c1ncnc2c1cnn2-c1ccccc1. The number of aromatic nitrogens is 4. The fourth-order valence-corrected chi connectivity index (χ4v) is 2.88. The summed E-state index contributed by atoms with van der Waals surface area (Å²) in [4.78, 5) is 11.2. The molecule has 0 amide bonds. The van der Waals surface area contributed by atoms with Gasteiger partial charge in [0.2, 0.25) is 0 Å². The summed E-state index contributed by atoms with van der Waals surface area (Å²) in [5.41, 5.74) is 1.85. The van der Waals surface area contributed by atoms with E-state index in [0.29, 0.717) is 6.04 Å². The van der Waals surface area contributed by atoms with Crippen molar-refractivity contribution >= 4 is 16.9 Å². The molecule has 5 heteroatoms. The molecule has 0 radical (unpaired) electrons. The Morgan fingerprint density at radius 3 is 2.50 bits per heavy atom. The third kappa shape index (κ3) is 2.43. The minimum Gasteiger partial charge on any atom is -0.356 e. The predicted molar refractivity (Wildman–Crippen MR) is 89.4 cm³/mol. The molecule has 0 aliphatic heterocycles. The first-order valence-electron chi connectivity index (χ1n) is 7.73. The number of benzene rings is 1. The van der Waals surface area contributed by atoms with Crippen LogP contribution in [0.15, 0.2) is 42.9 Å². The zero-order chi connectivity index (χ0) is 15.5. The Hall–Kier alpha value is -2.43. The highest BCUT2D eigenvalue weighted by atomic mass is 15.3. The Morgan fingerprint density at radius 2 is 1.82 bits per heavy atom. The highest BCUT2D eigenvalue weighted by Crippen LogP contribution is 2.26. The molecular formula is C17H21N5. The van der Waals surface area contributed by atoms with Crippen LogP contribution in [0, 0.1) is 0 Å². The molecule has 3 aromatic rings. The summed E-state index contributed by atoms with van der Waals surface area (Å²) < 4.78 is 1.86. The molecule has 2 heterocycles. The number of rotatable bonds is 5. The van der Waals surface area contributed by atoms with Crippen LogP contribution in [0.2, 0.25) is 0 Å². The Labute approximate surface area is 130 Å². The molecule has 0 bridgehead atoms. The van der Waals surface area contributed by atoms with E-state index >= 15 is 0 Å². The summed E-state index contributed by atoms with van der Waals surface area (Å²) in [6.07, 6.45) is 5.66. The highest BCUT2D eigenvalue weighted by Gasteiger charge is 2.18. The number of hydrogen-bond donors (Lipinski definition) is 0. The summed E-state index contributed by atoms with van der Waals surface area (Å²) in [6, 6.07) is 10.5. The molecule has 0 aliphatic rings. The van der Waals surface area contributed by atoms with Gasteiger partial charge in [0, 0.05) is 13.1 Å². The first-order chi connectivity index (χ1) is 10.8. The van der Waals surface area contributed by atoms with E-state index in [-0.39, 0.29) is 0 Å². The largest absolute Gasteiger partial charge is 0.356 e. The van der Waals surface area contributed by atoms with Gasteiger partial charge in [-0.25, -0.2) is 14.6 Å². The number of para-hydroxylation sites is 1. The monoisotopic (exact) mass is 295 g/mol. The van der Waals surface area contributed by atoms with Crippen molar-refractivity contribution < 1.29 is 0 Å². The molecule has 0 saturated heterocycles. The van der Waals surface area contributed by atoms with E-state index in [1.54, 1.807) is 6.33 Å². The van der Waals surface area contributed by atoms with Crippen LogP contribution in [0.5, 0.6) is 0 Å². The van der Waals surface area contributed by atoms with Crippen molar-refractivity contribution in [2.75, 3.05) is 11.9 Å². The maximum Gasteiger partial charge on any atom is 0.168 e. The molecule has 114 valence electrons. The second-order valence-electron chi connectivity index (χ2n) is 5.41. The van der Waals surface area contributed by atoms with Crippen molar-refractivity contribution in [3.63, 3.8) is 0 Å². The minimum absolute atomic E-state index is 0.471. The van der Waals surface area contributed by atoms with Crippen molar-refractivity contribution in [1.29, 1.82) is 0 Å². The Morgan fingerprint density at radius 1 is 1.09 bits per heavy atom. The van der Waals surface area contributed by atoms with Crippen molar-refractivity contribution in [2.24, 2.45) is 0 Å². The average Bonchev–Trinajstić information content (AvgIpc) is 3.00. The van der Waals surface area contributed by atoms with Crippen molar-refractivity contribution in [3.05, 3.63) is 42.9 Å². The van der Waals surface area contributed by atoms with Gasteiger partial charge in [0.1, 0.15) is 12.1 Å². The fraction of sp³-hybridized carbons (Fsp3) is 0.353. The molecule has 22 heavy (non-hydrogen) atoms. The molecule has 0 spiro atoms. The van der Waals surface area contributed by atoms with Gasteiger partial charge in [0.25, 0.3) is 0 Å². The van der Waals surface area contributed by atoms with Crippen molar-refractivity contribution in [3.8, 4) is 5.69 Å². The molecule has 0 unspecified atom stereocenters. The van der Waals surface area contributed by atoms with Gasteiger partial charge in [-0.2, -0.15) is 5.10 Å². The van der Waals surface area contributed by atoms with Crippen molar-refractivity contribution in [1.82, 2.24) is 19.7 Å². The van der Waals surface area contributed by atoms with Crippen LogP contribution in [0.4, 0.5) is 5.82 Å². The lowest BCUT2D eigenvalue weighted by Crippen LogP contribution is -2.31. The highest BCUT2D eigenvalue weighted by molar-refractivity contribution is 5.87. The number of anilines is 1. The van der Waals surface area contributed by atoms with Crippen LogP contribution in [-0.2, 0) is 0 Å². The summed E-state index contributed by atoms with van der Waals surface area (Å²) in [7, 11) is 2.10. The van der Waals surface area contributed by atoms with Crippen LogP contribution < -0.4 is 4.90 Å². The second kappa shape index (κ2) is 6.13. The fourth-order valence-electron chi connectivity index (χ4n) is 2.88. The van der Waals surface area contributed by atoms with E-state index in [2.05, 4.69) is 40.9 Å². The molecule has 1 aromatic carbocycles. The molecule has 0 aliphatic carbocycles. The zero-order valence-corrected chi connectivity index (χ0v) is 13.3. The van der Waals surface area contributed by atoms with Crippen LogP contribution in [0.3, 0.4) is 0 Å². The van der Waals surface area contributed by atoms with E-state index in [1.807, 2.05) is 41.2 Å². The van der Waals surface area contributed by atoms with Crippen LogP contribution >= 0.6 is 0 Å². The lowest BCUT2D eigenvalue weighted by Gasteiger charge is -2.27. The summed E-state index contributed by atoms with van der Waals surface area (Å²) >= 11 is 0. The summed E-state index contributed by atoms with van der Waals surface area (Å²) in [6.45, 7) is 4.41. The molecule has 0 atom stereocenters. The van der Waals surface area contributed by atoms with E-state index in [4.69, 9.17) is 0 Å². The number of hydrogen-bond acceptors (Lipinski definition) is 4.